The molecule has 0 radical (unpaired) electrons. The lowest BCUT2D eigenvalue weighted by molar-refractivity contribution is 0.307. The fraction of sp³-hybridized carbons (Fsp3) is 0.455. The van der Waals surface area contributed by atoms with Gasteiger partial charge in [0.15, 0.2) is 0 Å². The molecule has 1 aliphatic heterocycles. The van der Waals surface area contributed by atoms with E-state index in [1.807, 2.05) is 32.0 Å². The summed E-state index contributed by atoms with van der Waals surface area (Å²) in [5.41, 5.74) is 2.91. The maximum atomic E-state index is 13.1. The van der Waals surface area contributed by atoms with Crippen molar-refractivity contribution in [3.05, 3.63) is 52.5 Å². The van der Waals surface area contributed by atoms with E-state index in [1.165, 1.54) is 0 Å². The van der Waals surface area contributed by atoms with Crippen molar-refractivity contribution in [3.63, 3.8) is 0 Å². The monoisotopic (exact) mass is 436 g/mol. The van der Waals surface area contributed by atoms with Crippen molar-refractivity contribution in [2.45, 2.75) is 38.5 Å². The predicted octanol–water partition coefficient (Wildman–Crippen LogP) is 4.65. The van der Waals surface area contributed by atoms with Crippen LogP contribution in [0.2, 0.25) is 5.02 Å². The van der Waals surface area contributed by atoms with Crippen LogP contribution in [0.3, 0.4) is 0 Å². The summed E-state index contributed by atoms with van der Waals surface area (Å²) in [4.78, 5) is 2.50. The fourth-order valence-corrected chi connectivity index (χ4v) is 5.07. The van der Waals surface area contributed by atoms with E-state index in [9.17, 15) is 8.42 Å². The maximum Gasteiger partial charge on any atom is 0.243 e. The summed E-state index contributed by atoms with van der Waals surface area (Å²) in [7, 11) is -3.52. The molecule has 0 bridgehead atoms. The Labute approximate surface area is 179 Å². The number of anilines is 1. The molecule has 0 aliphatic carbocycles. The van der Waals surface area contributed by atoms with Crippen LogP contribution in [0.5, 0.6) is 5.75 Å². The first-order valence-corrected chi connectivity index (χ1v) is 11.9. The third-order valence-electron chi connectivity index (χ3n) is 5.30. The number of rotatable bonds is 7. The van der Waals surface area contributed by atoms with E-state index < -0.39 is 10.0 Å². The lowest BCUT2D eigenvalue weighted by Crippen LogP contribution is -2.48. The van der Waals surface area contributed by atoms with Gasteiger partial charge in [-0.1, -0.05) is 31.0 Å². The third kappa shape index (κ3) is 5.05. The van der Waals surface area contributed by atoms with Crippen LogP contribution in [0.4, 0.5) is 5.69 Å². The number of unbranched alkanes of at least 4 members (excludes halogenated alkanes) is 1. The van der Waals surface area contributed by atoms with E-state index in [1.54, 1.807) is 22.5 Å². The van der Waals surface area contributed by atoms with Crippen molar-refractivity contribution in [2.75, 3.05) is 37.7 Å². The zero-order valence-corrected chi connectivity index (χ0v) is 18.9. The van der Waals surface area contributed by atoms with Crippen LogP contribution in [-0.4, -0.2) is 45.5 Å². The first kappa shape index (κ1) is 21.9. The van der Waals surface area contributed by atoms with Gasteiger partial charge in [-0.05, 0) is 61.7 Å². The second-order valence-electron chi connectivity index (χ2n) is 7.45. The molecular weight excluding hydrogens is 408 g/mol. The number of nitrogens with zero attached hydrogens (tertiary/aromatic N) is 2. The zero-order valence-electron chi connectivity index (χ0n) is 17.3. The highest BCUT2D eigenvalue weighted by Crippen LogP contribution is 2.27. The summed E-state index contributed by atoms with van der Waals surface area (Å²) in [6, 6.07) is 11.1. The Morgan fingerprint density at radius 3 is 2.34 bits per heavy atom. The quantitative estimate of drug-likeness (QED) is 0.593. The van der Waals surface area contributed by atoms with Crippen LogP contribution in [0.25, 0.3) is 0 Å². The van der Waals surface area contributed by atoms with Crippen LogP contribution in [0.1, 0.15) is 30.9 Å². The van der Waals surface area contributed by atoms with E-state index in [2.05, 4.69) is 11.8 Å². The average molecular weight is 437 g/mol. The van der Waals surface area contributed by atoms with E-state index >= 15 is 0 Å². The minimum absolute atomic E-state index is 0.324. The molecule has 158 valence electrons. The third-order valence-corrected chi connectivity index (χ3v) is 7.60. The molecule has 0 aromatic heterocycles. The molecule has 29 heavy (non-hydrogen) atoms. The van der Waals surface area contributed by atoms with Gasteiger partial charge in [0.1, 0.15) is 5.75 Å². The van der Waals surface area contributed by atoms with Crippen molar-refractivity contribution in [1.82, 2.24) is 4.31 Å². The standard InChI is InChI=1S/C22H29ClN2O3S/c1-4-5-14-28-22-9-8-20(15-18(22)3)29(26,27)25-12-10-24(11-13-25)19-7-6-17(2)21(23)16-19/h6-9,15-16H,4-5,10-14H2,1-3H3. The number of sulfonamides is 1. The molecule has 1 aliphatic rings. The molecule has 2 aromatic rings. The van der Waals surface area contributed by atoms with E-state index in [-0.39, 0.29) is 0 Å². The fourth-order valence-electron chi connectivity index (χ4n) is 3.38. The molecule has 1 fully saturated rings. The highest BCUT2D eigenvalue weighted by atomic mass is 35.5. The number of benzene rings is 2. The molecule has 0 atom stereocenters. The molecule has 1 saturated heterocycles. The van der Waals surface area contributed by atoms with Gasteiger partial charge in [-0.15, -0.1) is 0 Å². The molecule has 5 nitrogen and oxygen atoms in total. The number of piperazine rings is 1. The number of hydrogen-bond donors (Lipinski definition) is 0. The number of ether oxygens (including phenoxy) is 1. The van der Waals surface area contributed by atoms with E-state index in [0.29, 0.717) is 37.7 Å². The smallest absolute Gasteiger partial charge is 0.243 e. The van der Waals surface area contributed by atoms with Crippen molar-refractivity contribution in [3.8, 4) is 5.75 Å². The topological polar surface area (TPSA) is 49.9 Å². The van der Waals surface area contributed by atoms with Gasteiger partial charge < -0.3 is 9.64 Å². The summed E-state index contributed by atoms with van der Waals surface area (Å²) in [5, 5.41) is 0.731. The number of halogens is 1. The summed E-state index contributed by atoms with van der Waals surface area (Å²) in [5.74, 6) is 0.749. The van der Waals surface area contributed by atoms with Gasteiger partial charge in [-0.25, -0.2) is 8.42 Å². The molecule has 0 unspecified atom stereocenters. The second kappa shape index (κ2) is 9.37. The van der Waals surface area contributed by atoms with Crippen molar-refractivity contribution >= 4 is 27.3 Å². The zero-order chi connectivity index (χ0) is 21.0. The SMILES string of the molecule is CCCCOc1ccc(S(=O)(=O)N2CCN(c3ccc(C)c(Cl)c3)CC2)cc1C. The van der Waals surface area contributed by atoms with Gasteiger partial charge in [-0.2, -0.15) is 4.31 Å². The normalized spacial score (nSPS) is 15.5. The van der Waals surface area contributed by atoms with Crippen LogP contribution >= 0.6 is 11.6 Å². The summed E-state index contributed by atoms with van der Waals surface area (Å²) >= 11 is 6.24. The average Bonchev–Trinajstić information content (AvgIpc) is 2.71. The number of aryl methyl sites for hydroxylation is 2. The maximum absolute atomic E-state index is 13.1. The van der Waals surface area contributed by atoms with Crippen molar-refractivity contribution in [1.29, 1.82) is 0 Å². The molecule has 1 heterocycles. The van der Waals surface area contributed by atoms with Gasteiger partial charge in [-0.3, -0.25) is 0 Å². The van der Waals surface area contributed by atoms with Gasteiger partial charge in [0.25, 0.3) is 0 Å². The Bertz CT molecular complexity index is 955. The first-order chi connectivity index (χ1) is 13.8. The number of hydrogen-bond acceptors (Lipinski definition) is 4. The molecule has 0 amide bonds. The van der Waals surface area contributed by atoms with Gasteiger partial charge in [0.05, 0.1) is 11.5 Å². The Balaban J connectivity index is 1.68. The van der Waals surface area contributed by atoms with Gasteiger partial charge >= 0.3 is 0 Å². The van der Waals surface area contributed by atoms with E-state index in [4.69, 9.17) is 16.3 Å². The molecule has 0 N–H and O–H groups in total. The molecule has 2 aromatic carbocycles. The Hall–Kier alpha value is -1.76. The van der Waals surface area contributed by atoms with Crippen LogP contribution < -0.4 is 9.64 Å². The van der Waals surface area contributed by atoms with Gasteiger partial charge in [0, 0.05) is 36.9 Å². The van der Waals surface area contributed by atoms with Crippen molar-refractivity contribution < 1.29 is 13.2 Å². The molecule has 7 heteroatoms. The molecule has 0 spiro atoms. The Morgan fingerprint density at radius 1 is 1.00 bits per heavy atom. The molecule has 0 saturated carbocycles. The summed E-state index contributed by atoms with van der Waals surface area (Å²) in [6.45, 7) is 8.78. The van der Waals surface area contributed by atoms with E-state index in [0.717, 1.165) is 40.4 Å². The largest absolute Gasteiger partial charge is 0.493 e. The highest BCUT2D eigenvalue weighted by Gasteiger charge is 2.29. The van der Waals surface area contributed by atoms with Crippen LogP contribution in [0, 0.1) is 13.8 Å². The van der Waals surface area contributed by atoms with Crippen molar-refractivity contribution in [2.24, 2.45) is 0 Å². The lowest BCUT2D eigenvalue weighted by atomic mass is 10.2. The lowest BCUT2D eigenvalue weighted by Gasteiger charge is -2.35. The predicted molar refractivity (Wildman–Crippen MR) is 119 cm³/mol. The highest BCUT2D eigenvalue weighted by molar-refractivity contribution is 7.89. The minimum Gasteiger partial charge on any atom is -0.493 e. The summed E-state index contributed by atoms with van der Waals surface area (Å²) < 4.78 is 33.5. The van der Waals surface area contributed by atoms with Crippen LogP contribution in [0.15, 0.2) is 41.3 Å². The minimum atomic E-state index is -3.52. The second-order valence-corrected chi connectivity index (χ2v) is 9.80. The first-order valence-electron chi connectivity index (χ1n) is 10.1. The Morgan fingerprint density at radius 2 is 1.72 bits per heavy atom. The molecule has 3 rings (SSSR count). The van der Waals surface area contributed by atoms with Crippen LogP contribution in [-0.2, 0) is 10.0 Å². The Kier molecular flexibility index (Phi) is 7.09. The van der Waals surface area contributed by atoms with Gasteiger partial charge in [0.2, 0.25) is 10.0 Å². The molecular formula is C22H29ClN2O3S. The summed E-state index contributed by atoms with van der Waals surface area (Å²) in [6.07, 6.45) is 2.04.